The highest BCUT2D eigenvalue weighted by Crippen LogP contribution is 2.33. The zero-order valence-corrected chi connectivity index (χ0v) is 20.5. The van der Waals surface area contributed by atoms with Gasteiger partial charge in [0.05, 0.1) is 6.61 Å². The van der Waals surface area contributed by atoms with E-state index in [1.165, 1.54) is 0 Å². The van der Waals surface area contributed by atoms with Crippen LogP contribution in [0.4, 0.5) is 6.01 Å². The normalized spacial score (nSPS) is 16.8. The van der Waals surface area contributed by atoms with Gasteiger partial charge in [-0.25, -0.2) is 0 Å². The first kappa shape index (κ1) is 25.0. The zero-order valence-electron chi connectivity index (χ0n) is 20.5. The number of nitrogens with zero attached hydrogens (tertiary/aromatic N) is 3. The maximum atomic E-state index is 11.7. The summed E-state index contributed by atoms with van der Waals surface area (Å²) in [4.78, 5) is 18.4. The summed E-state index contributed by atoms with van der Waals surface area (Å²) in [6.07, 6.45) is 3.10. The molecular weight excluding hydrogens is 420 g/mol. The van der Waals surface area contributed by atoms with Crippen molar-refractivity contribution in [3.63, 3.8) is 0 Å². The van der Waals surface area contributed by atoms with E-state index in [-0.39, 0.29) is 18.4 Å². The molecule has 2 atom stereocenters. The second-order valence-corrected chi connectivity index (χ2v) is 9.63. The van der Waals surface area contributed by atoms with Crippen molar-refractivity contribution >= 4 is 11.9 Å². The highest BCUT2D eigenvalue weighted by Gasteiger charge is 2.27. The molecule has 1 aliphatic rings. The Morgan fingerprint density at radius 2 is 1.97 bits per heavy atom. The molecule has 33 heavy (non-hydrogen) atoms. The Morgan fingerprint density at radius 3 is 2.55 bits per heavy atom. The Labute approximate surface area is 196 Å². The van der Waals surface area contributed by atoms with Crippen LogP contribution in [0.15, 0.2) is 16.7 Å². The average molecular weight is 459 g/mol. The topological polar surface area (TPSA) is 115 Å². The predicted molar refractivity (Wildman–Crippen MR) is 128 cm³/mol. The van der Waals surface area contributed by atoms with Gasteiger partial charge < -0.3 is 25.0 Å². The van der Waals surface area contributed by atoms with Crippen molar-refractivity contribution in [2.75, 3.05) is 31.2 Å². The van der Waals surface area contributed by atoms with Gasteiger partial charge in [0.1, 0.15) is 5.75 Å². The summed E-state index contributed by atoms with van der Waals surface area (Å²) in [5.74, 6) is 2.27. The van der Waals surface area contributed by atoms with E-state index in [2.05, 4.69) is 35.8 Å². The molecule has 1 fully saturated rings. The van der Waals surface area contributed by atoms with E-state index < -0.39 is 5.91 Å². The summed E-state index contributed by atoms with van der Waals surface area (Å²) in [5, 5.41) is 13.8. The Bertz CT molecular complexity index is 934. The molecule has 0 spiro atoms. The quantitative estimate of drug-likeness (QED) is 0.552. The van der Waals surface area contributed by atoms with Crippen LogP contribution in [0.1, 0.15) is 86.1 Å². The Morgan fingerprint density at radius 1 is 1.27 bits per heavy atom. The maximum Gasteiger partial charge on any atom is 0.324 e. The highest BCUT2D eigenvalue weighted by molar-refractivity contribution is 5.95. The van der Waals surface area contributed by atoms with Crippen LogP contribution < -0.4 is 15.4 Å². The van der Waals surface area contributed by atoms with Gasteiger partial charge in [-0.05, 0) is 55.7 Å². The van der Waals surface area contributed by atoms with Gasteiger partial charge >= 0.3 is 6.01 Å². The number of anilines is 1. The number of hydrogen-bond acceptors (Lipinski definition) is 7. The van der Waals surface area contributed by atoms with Crippen LogP contribution in [0.3, 0.4) is 0 Å². The van der Waals surface area contributed by atoms with Crippen LogP contribution in [0.25, 0.3) is 0 Å². The Hall–Kier alpha value is -2.61. The molecule has 1 aromatic heterocycles. The van der Waals surface area contributed by atoms with Crippen LogP contribution in [-0.4, -0.2) is 47.5 Å². The lowest BCUT2D eigenvalue weighted by Gasteiger charge is -2.33. The molecule has 3 N–H and O–H groups in total. The van der Waals surface area contributed by atoms with Gasteiger partial charge in [0.25, 0.3) is 0 Å². The number of aliphatic hydroxyl groups is 1. The summed E-state index contributed by atoms with van der Waals surface area (Å²) in [6, 6.07) is 4.14. The summed E-state index contributed by atoms with van der Waals surface area (Å²) in [5.41, 5.74) is 7.61. The van der Waals surface area contributed by atoms with Gasteiger partial charge in [-0.3, -0.25) is 4.79 Å². The number of carbonyl (C=O) groups is 1. The maximum absolute atomic E-state index is 11.7. The molecule has 3 rings (SSSR count). The molecule has 1 aliphatic heterocycles. The molecule has 0 radical (unpaired) electrons. The number of benzene rings is 1. The second-order valence-electron chi connectivity index (χ2n) is 9.63. The smallest absolute Gasteiger partial charge is 0.324 e. The number of ether oxygens (including phenoxy) is 1. The second kappa shape index (κ2) is 11.0. The molecule has 0 saturated carbocycles. The van der Waals surface area contributed by atoms with Crippen molar-refractivity contribution in [2.45, 2.75) is 65.7 Å². The molecule has 8 nitrogen and oxygen atoms in total. The fourth-order valence-corrected chi connectivity index (χ4v) is 4.64. The highest BCUT2D eigenvalue weighted by atomic mass is 16.5. The zero-order chi connectivity index (χ0) is 24.1. The monoisotopic (exact) mass is 458 g/mol. The largest absolute Gasteiger partial charge is 0.493 e. The van der Waals surface area contributed by atoms with Gasteiger partial charge in [-0.15, -0.1) is 0 Å². The molecule has 0 aliphatic carbocycles. The van der Waals surface area contributed by atoms with Crippen molar-refractivity contribution in [3.05, 3.63) is 34.6 Å². The van der Waals surface area contributed by atoms with Gasteiger partial charge in [-0.1, -0.05) is 32.9 Å². The molecule has 182 valence electrons. The van der Waals surface area contributed by atoms with Crippen LogP contribution in [0.5, 0.6) is 5.75 Å². The first-order valence-corrected chi connectivity index (χ1v) is 12.0. The first-order valence-electron chi connectivity index (χ1n) is 12.0. The number of aliphatic hydroxyl groups excluding tert-OH is 1. The van der Waals surface area contributed by atoms with E-state index in [4.69, 9.17) is 15.0 Å². The van der Waals surface area contributed by atoms with E-state index in [0.29, 0.717) is 30.0 Å². The third kappa shape index (κ3) is 5.85. The lowest BCUT2D eigenvalue weighted by atomic mass is 9.84. The molecule has 1 amide bonds. The Kier molecular flexibility index (Phi) is 8.35. The minimum absolute atomic E-state index is 0.0207. The van der Waals surface area contributed by atoms with E-state index in [0.717, 1.165) is 55.1 Å². The molecule has 1 saturated heterocycles. The van der Waals surface area contributed by atoms with E-state index in [1.807, 2.05) is 13.8 Å². The van der Waals surface area contributed by atoms with E-state index >= 15 is 0 Å². The van der Waals surface area contributed by atoms with Crippen molar-refractivity contribution < 1.29 is 19.2 Å². The van der Waals surface area contributed by atoms with E-state index in [1.54, 1.807) is 12.1 Å². The molecule has 0 unspecified atom stereocenters. The summed E-state index contributed by atoms with van der Waals surface area (Å²) in [7, 11) is 0. The standard InChI is InChI=1S/C25H38N4O4/c1-15(2)24-27-25(33-28-24)29-11-8-19(9-12-29)16(3)10-13-32-21-7-6-20(23(26)31)18(5)22(21)17(4)14-30/h6-7,15-17,19,30H,8-14H2,1-5H3,(H2,26,31)/t16-,17+/m1/s1. The summed E-state index contributed by atoms with van der Waals surface area (Å²) >= 11 is 0. The molecule has 0 bridgehead atoms. The predicted octanol–water partition coefficient (Wildman–Crippen LogP) is 4.02. The van der Waals surface area contributed by atoms with Gasteiger partial charge in [0, 0.05) is 42.7 Å². The molecule has 1 aromatic carbocycles. The minimum atomic E-state index is -0.466. The van der Waals surface area contributed by atoms with Crippen LogP contribution >= 0.6 is 0 Å². The number of piperidine rings is 1. The van der Waals surface area contributed by atoms with Crippen LogP contribution in [0, 0.1) is 18.8 Å². The fraction of sp³-hybridized carbons (Fsp3) is 0.640. The summed E-state index contributed by atoms with van der Waals surface area (Å²) in [6.45, 7) is 12.6. The van der Waals surface area contributed by atoms with Crippen molar-refractivity contribution in [1.29, 1.82) is 0 Å². The van der Waals surface area contributed by atoms with Crippen molar-refractivity contribution in [3.8, 4) is 5.75 Å². The molecule has 8 heteroatoms. The van der Waals surface area contributed by atoms with Crippen LogP contribution in [-0.2, 0) is 0 Å². The van der Waals surface area contributed by atoms with Gasteiger partial charge in [0.15, 0.2) is 5.82 Å². The number of rotatable bonds is 10. The van der Waals surface area contributed by atoms with E-state index in [9.17, 15) is 9.90 Å². The van der Waals surface area contributed by atoms with Gasteiger partial charge in [0.2, 0.25) is 5.91 Å². The lowest BCUT2D eigenvalue weighted by Crippen LogP contribution is -2.36. The molecule has 2 aromatic rings. The molecular formula is C25H38N4O4. The number of nitrogens with two attached hydrogens (primary N) is 1. The Balaban J connectivity index is 1.54. The molecule has 2 heterocycles. The number of carbonyl (C=O) groups excluding carboxylic acids is 1. The van der Waals surface area contributed by atoms with Crippen molar-refractivity contribution in [1.82, 2.24) is 10.1 Å². The average Bonchev–Trinajstić information content (AvgIpc) is 3.29. The SMILES string of the molecule is Cc1c(C(N)=O)ccc(OCC[C@@H](C)C2CCN(c3nc(C(C)C)no3)CC2)c1[C@@H](C)CO. The van der Waals surface area contributed by atoms with Gasteiger partial charge in [-0.2, -0.15) is 4.98 Å². The fourth-order valence-electron chi connectivity index (χ4n) is 4.64. The summed E-state index contributed by atoms with van der Waals surface area (Å²) < 4.78 is 11.6. The first-order chi connectivity index (χ1) is 15.7. The van der Waals surface area contributed by atoms with Crippen molar-refractivity contribution in [2.24, 2.45) is 17.6 Å². The lowest BCUT2D eigenvalue weighted by molar-refractivity contribution is 0.0999. The number of primary amides is 1. The van der Waals surface area contributed by atoms with Crippen LogP contribution in [0.2, 0.25) is 0 Å². The minimum Gasteiger partial charge on any atom is -0.493 e. The number of aromatic nitrogens is 2. The number of amides is 1. The third-order valence-electron chi connectivity index (χ3n) is 6.90. The number of hydrogen-bond donors (Lipinski definition) is 2. The third-order valence-corrected chi connectivity index (χ3v) is 6.90.